The minimum atomic E-state index is -1.25. The minimum absolute atomic E-state index is 0.300. The normalized spacial score (nSPS) is 27.8. The van der Waals surface area contributed by atoms with Gasteiger partial charge < -0.3 is 33.0 Å². The number of rotatable bonds is 7. The zero-order valence-electron chi connectivity index (χ0n) is 23.0. The maximum absolute atomic E-state index is 12.1. The predicted molar refractivity (Wildman–Crippen MR) is 133 cm³/mol. The van der Waals surface area contributed by atoms with Gasteiger partial charge in [-0.25, -0.2) is 0 Å². The van der Waals surface area contributed by atoms with Crippen molar-refractivity contribution < 1.29 is 52.2 Å². The summed E-state index contributed by atoms with van der Waals surface area (Å²) >= 11 is 0. The Labute approximate surface area is 222 Å². The Morgan fingerprint density at radius 2 is 1.32 bits per heavy atom. The van der Waals surface area contributed by atoms with Gasteiger partial charge in [-0.2, -0.15) is 0 Å². The molecule has 5 atom stereocenters. The van der Waals surface area contributed by atoms with Crippen molar-refractivity contribution in [2.45, 2.75) is 97.1 Å². The van der Waals surface area contributed by atoms with E-state index in [1.165, 1.54) is 27.7 Å². The van der Waals surface area contributed by atoms with E-state index in [1.54, 1.807) is 18.2 Å². The Hall–Kier alpha value is -2.96. The minimum Gasteiger partial charge on any atom is -0.463 e. The van der Waals surface area contributed by atoms with Gasteiger partial charge in [-0.3, -0.25) is 19.2 Å². The topological polar surface area (TPSA) is 133 Å². The molecule has 0 spiro atoms. The molecule has 1 aromatic carbocycles. The van der Waals surface area contributed by atoms with Gasteiger partial charge in [0.2, 0.25) is 0 Å². The Morgan fingerprint density at radius 1 is 0.789 bits per heavy atom. The van der Waals surface area contributed by atoms with Crippen LogP contribution in [0, 0.1) is 0 Å². The Balaban J connectivity index is 2.05. The van der Waals surface area contributed by atoms with Crippen molar-refractivity contribution in [3.05, 3.63) is 29.8 Å². The highest BCUT2D eigenvalue weighted by Gasteiger charge is 2.54. The molecule has 0 unspecified atom stereocenters. The Kier molecular flexibility index (Phi) is 8.90. The third kappa shape index (κ3) is 6.72. The van der Waals surface area contributed by atoms with Gasteiger partial charge in [-0.15, -0.1) is 0 Å². The number of carbonyl (C=O) groups is 4. The van der Waals surface area contributed by atoms with Crippen LogP contribution in [-0.2, 0) is 52.2 Å². The van der Waals surface area contributed by atoms with Gasteiger partial charge >= 0.3 is 31.0 Å². The van der Waals surface area contributed by atoms with Gasteiger partial charge in [0.15, 0.2) is 18.3 Å². The van der Waals surface area contributed by atoms with E-state index in [2.05, 4.69) is 0 Å². The molecule has 11 nitrogen and oxygen atoms in total. The lowest BCUT2D eigenvalue weighted by molar-refractivity contribution is -0.254. The number of esters is 4. The SMILES string of the molecule is CC(=O)OC[C@H]1O[C@H](c2cccc(B3OC(C)(C)C(C)(C)O3)c2)[C@@H](OC(C)=O)[C@H](OC(C)=O)[C@@H]1OC(C)=O. The van der Waals surface area contributed by atoms with Gasteiger partial charge in [-0.1, -0.05) is 24.3 Å². The number of hydrogen-bond acceptors (Lipinski definition) is 11. The molecule has 0 bridgehead atoms. The van der Waals surface area contributed by atoms with Crippen molar-refractivity contribution in [3.63, 3.8) is 0 Å². The number of benzene rings is 1. The maximum Gasteiger partial charge on any atom is 0.494 e. The second kappa shape index (κ2) is 11.4. The van der Waals surface area contributed by atoms with E-state index in [1.807, 2.05) is 33.8 Å². The Bertz CT molecular complexity index is 1050. The zero-order valence-corrected chi connectivity index (χ0v) is 23.0. The fourth-order valence-corrected chi connectivity index (χ4v) is 4.36. The van der Waals surface area contributed by atoms with Crippen molar-refractivity contribution in [2.75, 3.05) is 6.61 Å². The zero-order chi connectivity index (χ0) is 28.4. The van der Waals surface area contributed by atoms with E-state index in [0.717, 1.165) is 0 Å². The molecule has 208 valence electrons. The highest BCUT2D eigenvalue weighted by Crippen LogP contribution is 2.39. The summed E-state index contributed by atoms with van der Waals surface area (Å²) in [6.07, 6.45) is -5.69. The molecular formula is C26H35BO11. The Morgan fingerprint density at radius 3 is 1.84 bits per heavy atom. The second-order valence-electron chi connectivity index (χ2n) is 10.4. The van der Waals surface area contributed by atoms with Crippen molar-refractivity contribution >= 4 is 36.5 Å². The molecule has 0 saturated carbocycles. The first-order chi connectivity index (χ1) is 17.6. The van der Waals surface area contributed by atoms with Gasteiger partial charge in [0.25, 0.3) is 0 Å². The smallest absolute Gasteiger partial charge is 0.463 e. The molecule has 2 saturated heterocycles. The highest BCUT2D eigenvalue weighted by molar-refractivity contribution is 6.62. The van der Waals surface area contributed by atoms with Crippen LogP contribution in [0.5, 0.6) is 0 Å². The molecule has 0 aliphatic carbocycles. The first-order valence-corrected chi connectivity index (χ1v) is 12.4. The lowest BCUT2D eigenvalue weighted by atomic mass is 9.77. The van der Waals surface area contributed by atoms with Crippen LogP contribution in [0.2, 0.25) is 0 Å². The fourth-order valence-electron chi connectivity index (χ4n) is 4.36. The van der Waals surface area contributed by atoms with Crippen LogP contribution in [0.1, 0.15) is 67.1 Å². The summed E-state index contributed by atoms with van der Waals surface area (Å²) in [5, 5.41) is 0. The van der Waals surface area contributed by atoms with Crippen LogP contribution in [0.3, 0.4) is 0 Å². The summed E-state index contributed by atoms with van der Waals surface area (Å²) in [7, 11) is -0.675. The molecule has 2 fully saturated rings. The van der Waals surface area contributed by atoms with Gasteiger partial charge in [0.05, 0.1) is 11.2 Å². The fraction of sp³-hybridized carbons (Fsp3) is 0.615. The summed E-state index contributed by atoms with van der Waals surface area (Å²) in [5.74, 6) is -2.63. The van der Waals surface area contributed by atoms with Crippen LogP contribution >= 0.6 is 0 Å². The molecule has 0 radical (unpaired) electrons. The first kappa shape index (κ1) is 29.6. The van der Waals surface area contributed by atoms with Crippen molar-refractivity contribution in [1.29, 1.82) is 0 Å². The number of carbonyl (C=O) groups excluding carboxylic acids is 4. The van der Waals surface area contributed by atoms with Crippen LogP contribution < -0.4 is 5.46 Å². The van der Waals surface area contributed by atoms with E-state index in [0.29, 0.717) is 11.0 Å². The van der Waals surface area contributed by atoms with Gasteiger partial charge in [0.1, 0.15) is 18.8 Å². The first-order valence-electron chi connectivity index (χ1n) is 12.4. The largest absolute Gasteiger partial charge is 0.494 e. The number of ether oxygens (including phenoxy) is 5. The van der Waals surface area contributed by atoms with E-state index in [9.17, 15) is 19.2 Å². The molecule has 2 aliphatic heterocycles. The molecule has 0 aromatic heterocycles. The highest BCUT2D eigenvalue weighted by atomic mass is 16.7. The predicted octanol–water partition coefficient (Wildman–Crippen LogP) is 1.78. The molecule has 12 heteroatoms. The molecule has 0 amide bonds. The van der Waals surface area contributed by atoms with Crippen LogP contribution in [0.15, 0.2) is 24.3 Å². The lowest BCUT2D eigenvalue weighted by Gasteiger charge is -2.44. The van der Waals surface area contributed by atoms with Crippen molar-refractivity contribution in [2.24, 2.45) is 0 Å². The van der Waals surface area contributed by atoms with E-state index in [-0.39, 0.29) is 6.61 Å². The van der Waals surface area contributed by atoms with E-state index >= 15 is 0 Å². The summed E-state index contributed by atoms with van der Waals surface area (Å²) in [6.45, 7) is 12.2. The van der Waals surface area contributed by atoms with Crippen molar-refractivity contribution in [1.82, 2.24) is 0 Å². The second-order valence-corrected chi connectivity index (χ2v) is 10.4. The monoisotopic (exact) mass is 534 g/mol. The average molecular weight is 534 g/mol. The van der Waals surface area contributed by atoms with Gasteiger partial charge in [0, 0.05) is 27.7 Å². The molecule has 3 rings (SSSR count). The summed E-state index contributed by atoms with van der Waals surface area (Å²) in [6, 6.07) is 7.12. The summed E-state index contributed by atoms with van der Waals surface area (Å²) < 4.78 is 40.3. The van der Waals surface area contributed by atoms with E-state index < -0.39 is 72.7 Å². The van der Waals surface area contributed by atoms with E-state index in [4.69, 9.17) is 33.0 Å². The third-order valence-electron chi connectivity index (χ3n) is 6.76. The molecular weight excluding hydrogens is 499 g/mol. The van der Waals surface area contributed by atoms with Gasteiger partial charge in [-0.05, 0) is 38.7 Å². The quantitative estimate of drug-likeness (QED) is 0.288. The average Bonchev–Trinajstić information content (AvgIpc) is 3.01. The molecule has 0 N–H and O–H groups in total. The molecule has 38 heavy (non-hydrogen) atoms. The standard InChI is InChI=1S/C26H35BO11/c1-14(28)32-13-20-22(33-15(2)29)24(35-17(4)31)23(34-16(3)30)21(36-20)18-10-9-11-19(12-18)27-37-25(5,6)26(7,8)38-27/h9-12,20-24H,13H2,1-8H3/t20-,21-,22-,23-,24-/m1/s1. The van der Waals surface area contributed by atoms with Crippen LogP contribution in [-0.4, -0.2) is 73.2 Å². The van der Waals surface area contributed by atoms with Crippen LogP contribution in [0.25, 0.3) is 0 Å². The number of hydrogen-bond donors (Lipinski definition) is 0. The molecule has 2 aliphatic rings. The molecule has 2 heterocycles. The molecule has 1 aromatic rings. The van der Waals surface area contributed by atoms with Crippen LogP contribution in [0.4, 0.5) is 0 Å². The third-order valence-corrected chi connectivity index (χ3v) is 6.76. The summed E-state index contributed by atoms with van der Waals surface area (Å²) in [5.41, 5.74) is 0.105. The van der Waals surface area contributed by atoms with Crippen molar-refractivity contribution in [3.8, 4) is 0 Å². The summed E-state index contributed by atoms with van der Waals surface area (Å²) in [4.78, 5) is 47.7. The maximum atomic E-state index is 12.1. The lowest BCUT2D eigenvalue weighted by Crippen LogP contribution is -2.59.